The van der Waals surface area contributed by atoms with Gasteiger partial charge in [0.2, 0.25) is 0 Å². The van der Waals surface area contributed by atoms with Gasteiger partial charge in [0.05, 0.1) is 11.0 Å². The van der Waals surface area contributed by atoms with E-state index in [4.69, 9.17) is 4.98 Å². The van der Waals surface area contributed by atoms with Crippen LogP contribution in [0.5, 0.6) is 0 Å². The third-order valence-electron chi connectivity index (χ3n) is 3.95. The van der Waals surface area contributed by atoms with Crippen LogP contribution in [0.3, 0.4) is 0 Å². The zero-order valence-corrected chi connectivity index (χ0v) is 13.1. The maximum absolute atomic E-state index is 4.83. The van der Waals surface area contributed by atoms with Crippen molar-refractivity contribution in [3.05, 3.63) is 72.8 Å². The molecule has 0 saturated carbocycles. The van der Waals surface area contributed by atoms with Crippen LogP contribution in [0.2, 0.25) is 0 Å². The summed E-state index contributed by atoms with van der Waals surface area (Å²) in [5.74, 6) is 0. The molecule has 0 amide bonds. The van der Waals surface area contributed by atoms with Crippen LogP contribution >= 0.6 is 11.8 Å². The van der Waals surface area contributed by atoms with Gasteiger partial charge in [0.1, 0.15) is 0 Å². The van der Waals surface area contributed by atoms with Crippen molar-refractivity contribution < 1.29 is 0 Å². The van der Waals surface area contributed by atoms with Crippen LogP contribution in [0.4, 0.5) is 0 Å². The molecule has 1 nitrogen and oxygen atoms in total. The van der Waals surface area contributed by atoms with Crippen LogP contribution in [-0.4, -0.2) is 11.2 Å². The van der Waals surface area contributed by atoms with E-state index in [-0.39, 0.29) is 0 Å². The van der Waals surface area contributed by atoms with Gasteiger partial charge in [-0.3, -0.25) is 0 Å². The highest BCUT2D eigenvalue weighted by Gasteiger charge is 2.11. The number of fused-ring (bicyclic) bond motifs is 2. The summed E-state index contributed by atoms with van der Waals surface area (Å²) >= 11 is 1.77. The smallest absolute Gasteiger partial charge is 0.0716 e. The van der Waals surface area contributed by atoms with Crippen molar-refractivity contribution in [2.24, 2.45) is 0 Å². The Kier molecular flexibility index (Phi) is 3.32. The zero-order chi connectivity index (χ0) is 14.9. The molecule has 2 heteroatoms. The molecule has 0 aliphatic heterocycles. The predicted octanol–water partition coefficient (Wildman–Crippen LogP) is 5.78. The van der Waals surface area contributed by atoms with E-state index in [9.17, 15) is 0 Å². The molecule has 0 bridgehead atoms. The summed E-state index contributed by atoms with van der Waals surface area (Å²) in [7, 11) is 0. The Hall–Kier alpha value is -2.32. The number of hydrogen-bond donors (Lipinski definition) is 0. The highest BCUT2D eigenvalue weighted by atomic mass is 32.2. The molecule has 4 rings (SSSR count). The minimum atomic E-state index is 1.05. The summed E-state index contributed by atoms with van der Waals surface area (Å²) in [4.78, 5) is 6.10. The highest BCUT2D eigenvalue weighted by molar-refractivity contribution is 7.98. The maximum atomic E-state index is 4.83. The Bertz CT molecular complexity index is 961. The Morgan fingerprint density at radius 2 is 1.45 bits per heavy atom. The first-order valence-corrected chi connectivity index (χ1v) is 8.51. The first kappa shape index (κ1) is 13.4. The second-order valence-corrected chi connectivity index (χ2v) is 6.13. The van der Waals surface area contributed by atoms with Crippen molar-refractivity contribution in [1.82, 2.24) is 4.98 Å². The fourth-order valence-electron chi connectivity index (χ4n) is 2.91. The van der Waals surface area contributed by atoms with E-state index >= 15 is 0 Å². The van der Waals surface area contributed by atoms with Gasteiger partial charge in [0, 0.05) is 21.2 Å². The number of aromatic nitrogens is 1. The van der Waals surface area contributed by atoms with Crippen LogP contribution in [0, 0.1) is 0 Å². The molecule has 0 unspecified atom stereocenters. The number of pyridine rings is 1. The first-order valence-electron chi connectivity index (χ1n) is 7.29. The first-order chi connectivity index (χ1) is 10.9. The highest BCUT2D eigenvalue weighted by Crippen LogP contribution is 2.36. The summed E-state index contributed by atoms with van der Waals surface area (Å²) in [6.45, 7) is 0. The van der Waals surface area contributed by atoms with Gasteiger partial charge in [-0.05, 0) is 36.1 Å². The lowest BCUT2D eigenvalue weighted by molar-refractivity contribution is 1.44. The topological polar surface area (TPSA) is 12.9 Å². The molecular weight excluding hydrogens is 286 g/mol. The van der Waals surface area contributed by atoms with Crippen LogP contribution in [0.1, 0.15) is 0 Å². The van der Waals surface area contributed by atoms with Gasteiger partial charge in [-0.15, -0.1) is 11.8 Å². The van der Waals surface area contributed by atoms with Crippen LogP contribution in [0.25, 0.3) is 32.9 Å². The molecule has 4 aromatic rings. The maximum Gasteiger partial charge on any atom is 0.0716 e. The largest absolute Gasteiger partial charge is 0.248 e. The summed E-state index contributed by atoms with van der Waals surface area (Å²) < 4.78 is 0. The molecule has 0 radical (unpaired) electrons. The third-order valence-corrected chi connectivity index (χ3v) is 4.68. The van der Waals surface area contributed by atoms with Gasteiger partial charge in [-0.2, -0.15) is 0 Å². The van der Waals surface area contributed by atoms with E-state index in [2.05, 4.69) is 73.0 Å². The minimum Gasteiger partial charge on any atom is -0.248 e. The normalized spacial score (nSPS) is 11.1. The molecule has 1 aromatic heterocycles. The van der Waals surface area contributed by atoms with Gasteiger partial charge in [-0.25, -0.2) is 4.98 Å². The molecule has 0 spiro atoms. The molecule has 22 heavy (non-hydrogen) atoms. The summed E-state index contributed by atoms with van der Waals surface area (Å²) in [5, 5.41) is 2.43. The van der Waals surface area contributed by atoms with Gasteiger partial charge >= 0.3 is 0 Å². The van der Waals surface area contributed by atoms with E-state index in [1.807, 2.05) is 6.07 Å². The quantitative estimate of drug-likeness (QED) is 0.344. The monoisotopic (exact) mass is 301 g/mol. The van der Waals surface area contributed by atoms with E-state index in [0.717, 1.165) is 11.0 Å². The van der Waals surface area contributed by atoms with Crippen LogP contribution < -0.4 is 0 Å². The summed E-state index contributed by atoms with van der Waals surface area (Å²) in [5.41, 5.74) is 4.61. The molecule has 0 N–H and O–H groups in total. The fraction of sp³-hybridized carbons (Fsp3) is 0.0500. The van der Waals surface area contributed by atoms with Gasteiger partial charge in [-0.1, -0.05) is 48.5 Å². The number of hydrogen-bond acceptors (Lipinski definition) is 2. The molecular formula is C20H15NS. The molecule has 3 aromatic carbocycles. The molecule has 0 fully saturated rings. The second kappa shape index (κ2) is 5.47. The zero-order valence-electron chi connectivity index (χ0n) is 12.3. The van der Waals surface area contributed by atoms with Crippen molar-refractivity contribution in [2.75, 3.05) is 6.26 Å². The van der Waals surface area contributed by atoms with Gasteiger partial charge in [0.15, 0.2) is 0 Å². The Morgan fingerprint density at radius 3 is 2.27 bits per heavy atom. The van der Waals surface area contributed by atoms with E-state index < -0.39 is 0 Å². The second-order valence-electron chi connectivity index (χ2n) is 5.25. The fourth-order valence-corrected chi connectivity index (χ4v) is 3.35. The molecule has 0 aliphatic carbocycles. The minimum absolute atomic E-state index is 1.05. The summed E-state index contributed by atoms with van der Waals surface area (Å²) in [6, 6.07) is 25.5. The number of benzene rings is 3. The number of para-hydroxylation sites is 1. The Morgan fingerprint density at radius 1 is 0.727 bits per heavy atom. The average Bonchev–Trinajstić information content (AvgIpc) is 2.60. The van der Waals surface area contributed by atoms with Crippen LogP contribution in [-0.2, 0) is 0 Å². The molecule has 0 saturated heterocycles. The van der Waals surface area contributed by atoms with E-state index in [1.165, 1.54) is 26.8 Å². The van der Waals surface area contributed by atoms with Crippen molar-refractivity contribution in [1.29, 1.82) is 0 Å². The van der Waals surface area contributed by atoms with Crippen molar-refractivity contribution in [2.45, 2.75) is 4.90 Å². The standard InChI is InChI=1S/C20H15NS/c1-22-15-11-12-19-17(13-15)20(14-7-3-2-4-8-14)16-9-5-6-10-18(16)21-19/h2-13H,1H3. The van der Waals surface area contributed by atoms with Gasteiger partial charge in [0.25, 0.3) is 0 Å². The van der Waals surface area contributed by atoms with E-state index in [0.29, 0.717) is 0 Å². The Balaban J connectivity index is 2.20. The van der Waals surface area contributed by atoms with Crippen LogP contribution in [0.15, 0.2) is 77.7 Å². The lowest BCUT2D eigenvalue weighted by Gasteiger charge is -2.12. The summed E-state index contributed by atoms with van der Waals surface area (Å²) in [6.07, 6.45) is 2.11. The Labute approximate surface area is 134 Å². The van der Waals surface area contributed by atoms with Gasteiger partial charge < -0.3 is 0 Å². The SMILES string of the molecule is CSc1ccc2nc3ccccc3c(-c3ccccc3)c2c1. The molecule has 1 heterocycles. The number of thioether (sulfide) groups is 1. The lowest BCUT2D eigenvalue weighted by atomic mass is 9.96. The average molecular weight is 301 g/mol. The molecule has 106 valence electrons. The van der Waals surface area contributed by atoms with Crippen molar-refractivity contribution in [3.63, 3.8) is 0 Å². The van der Waals surface area contributed by atoms with Crippen molar-refractivity contribution in [3.8, 4) is 11.1 Å². The number of nitrogens with zero attached hydrogens (tertiary/aromatic N) is 1. The predicted molar refractivity (Wildman–Crippen MR) is 96.5 cm³/mol. The van der Waals surface area contributed by atoms with E-state index in [1.54, 1.807) is 11.8 Å². The number of rotatable bonds is 2. The third kappa shape index (κ3) is 2.16. The lowest BCUT2D eigenvalue weighted by Crippen LogP contribution is -1.89. The van der Waals surface area contributed by atoms with Crippen molar-refractivity contribution >= 4 is 33.6 Å². The molecule has 0 atom stereocenters. The molecule has 0 aliphatic rings.